The summed E-state index contributed by atoms with van der Waals surface area (Å²) in [6.07, 6.45) is 4.32. The summed E-state index contributed by atoms with van der Waals surface area (Å²) in [6.45, 7) is 13.9. The van der Waals surface area contributed by atoms with E-state index >= 15 is 0 Å². The van der Waals surface area contributed by atoms with Gasteiger partial charge in [-0.25, -0.2) is 8.78 Å². The number of benzene rings is 1. The molecule has 3 rings (SSSR count). The summed E-state index contributed by atoms with van der Waals surface area (Å²) < 4.78 is 29.0. The van der Waals surface area contributed by atoms with E-state index in [-0.39, 0.29) is 40.3 Å². The summed E-state index contributed by atoms with van der Waals surface area (Å²) in [7, 11) is 1.46. The minimum absolute atomic E-state index is 0.0281. The molecule has 0 bridgehead atoms. The van der Waals surface area contributed by atoms with Gasteiger partial charge < -0.3 is 4.90 Å². The van der Waals surface area contributed by atoms with Crippen LogP contribution in [0.1, 0.15) is 58.3 Å². The van der Waals surface area contributed by atoms with Crippen LogP contribution in [0.5, 0.6) is 0 Å². The van der Waals surface area contributed by atoms with Crippen LogP contribution in [0.3, 0.4) is 0 Å². The number of halogens is 2. The van der Waals surface area contributed by atoms with Crippen molar-refractivity contribution in [1.82, 2.24) is 25.5 Å². The van der Waals surface area contributed by atoms with E-state index in [1.807, 2.05) is 11.8 Å². The van der Waals surface area contributed by atoms with Gasteiger partial charge >= 0.3 is 0 Å². The normalized spacial score (nSPS) is 21.8. The highest BCUT2D eigenvalue weighted by Gasteiger charge is 2.54. The van der Waals surface area contributed by atoms with Crippen molar-refractivity contribution >= 4 is 11.6 Å². The molecule has 10 heteroatoms. The molecule has 2 aromatic rings. The molecule has 1 N–H and O–H groups in total. The molecule has 1 amide bonds. The van der Waals surface area contributed by atoms with E-state index in [2.05, 4.69) is 58.2 Å². The third-order valence-electron chi connectivity index (χ3n) is 7.95. The number of aromatic amines is 1. The molecule has 36 heavy (non-hydrogen) atoms. The summed E-state index contributed by atoms with van der Waals surface area (Å²) in [6, 6.07) is 3.72. The van der Waals surface area contributed by atoms with Gasteiger partial charge in [0.2, 0.25) is 5.91 Å². The van der Waals surface area contributed by atoms with Crippen LogP contribution in [0.25, 0.3) is 5.70 Å². The Morgan fingerprint density at radius 3 is 2.56 bits per heavy atom. The van der Waals surface area contributed by atoms with Crippen molar-refractivity contribution in [2.24, 2.45) is 27.0 Å². The van der Waals surface area contributed by atoms with E-state index in [4.69, 9.17) is 0 Å². The number of likely N-dealkylation sites (N-methyl/N-ethyl adjacent to an activating group) is 1. The Hall–Kier alpha value is -3.30. The maximum absolute atomic E-state index is 14.5. The van der Waals surface area contributed by atoms with Gasteiger partial charge in [-0.1, -0.05) is 38.6 Å². The number of nitrogens with zero attached hydrogens (tertiary/aromatic N) is 6. The average Bonchev–Trinajstić information content (AvgIpc) is 3.42. The van der Waals surface area contributed by atoms with Crippen LogP contribution < -0.4 is 0 Å². The van der Waals surface area contributed by atoms with Crippen LogP contribution >= 0.6 is 0 Å². The van der Waals surface area contributed by atoms with Crippen LogP contribution in [-0.2, 0) is 11.2 Å². The number of hydrogen-bond donors (Lipinski definition) is 1. The van der Waals surface area contributed by atoms with Gasteiger partial charge in [0.15, 0.2) is 5.82 Å². The van der Waals surface area contributed by atoms with Gasteiger partial charge in [-0.3, -0.25) is 4.79 Å². The fourth-order valence-electron chi connectivity index (χ4n) is 5.67. The number of nitrogens with one attached hydrogen (secondary N) is 1. The first kappa shape index (κ1) is 27.3. The Labute approximate surface area is 211 Å². The molecular formula is C26H35F2N7O. The summed E-state index contributed by atoms with van der Waals surface area (Å²) >= 11 is 0. The predicted molar refractivity (Wildman–Crippen MR) is 134 cm³/mol. The first-order valence-corrected chi connectivity index (χ1v) is 12.2. The van der Waals surface area contributed by atoms with E-state index in [1.54, 1.807) is 6.08 Å². The summed E-state index contributed by atoms with van der Waals surface area (Å²) in [5, 5.41) is 21.5. The van der Waals surface area contributed by atoms with E-state index in [0.29, 0.717) is 18.9 Å². The number of hydrogen-bond acceptors (Lipinski definition) is 6. The quantitative estimate of drug-likeness (QED) is 0.350. The van der Waals surface area contributed by atoms with E-state index in [9.17, 15) is 13.6 Å². The summed E-state index contributed by atoms with van der Waals surface area (Å²) in [5.41, 5.74) is 0.200. The number of azo groups is 1. The molecular weight excluding hydrogens is 464 g/mol. The van der Waals surface area contributed by atoms with Crippen molar-refractivity contribution in [3.05, 3.63) is 59.4 Å². The van der Waals surface area contributed by atoms with Crippen molar-refractivity contribution in [2.75, 3.05) is 20.1 Å². The van der Waals surface area contributed by atoms with E-state index in [0.717, 1.165) is 24.8 Å². The van der Waals surface area contributed by atoms with Crippen LogP contribution in [0.4, 0.5) is 8.78 Å². The molecule has 2 atom stereocenters. The average molecular weight is 500 g/mol. The Morgan fingerprint density at radius 1 is 1.31 bits per heavy atom. The SMILES string of the molecule is C=C(/C=C(\N=NC)c1c(F)cccc1F)[C@@H]1CC[C@](CC)(CN(CC)C(=O)Cc2nn[nH]n2)C1(C)C. The smallest absolute Gasteiger partial charge is 0.230 e. The molecule has 0 saturated heterocycles. The number of allylic oxidation sites excluding steroid dienone is 2. The maximum Gasteiger partial charge on any atom is 0.230 e. The molecule has 1 saturated carbocycles. The standard InChI is InChI=1S/C26H35F2N7O/c1-7-26(16-35(8-2)23(36)15-22-31-33-34-32-22)13-12-18(25(26,4)5)17(3)14-21(30-29-6)24-19(27)10-9-11-20(24)28/h9-11,14,18H,3,7-8,12-13,15-16H2,1-2,4-6H3,(H,31,32,33,34)/b21-14-,30-29?/t18-,26+/m0/s1. The lowest BCUT2D eigenvalue weighted by atomic mass is 9.61. The Balaban J connectivity index is 1.88. The lowest BCUT2D eigenvalue weighted by molar-refractivity contribution is -0.133. The second kappa shape index (κ2) is 11.2. The minimum atomic E-state index is -0.700. The number of H-pyrrole nitrogens is 1. The predicted octanol–water partition coefficient (Wildman–Crippen LogP) is 5.38. The van der Waals surface area contributed by atoms with Crippen LogP contribution in [0.2, 0.25) is 0 Å². The van der Waals surface area contributed by atoms with Crippen molar-refractivity contribution in [3.63, 3.8) is 0 Å². The number of rotatable bonds is 10. The zero-order valence-electron chi connectivity index (χ0n) is 21.7. The molecule has 1 fully saturated rings. The molecule has 8 nitrogen and oxygen atoms in total. The fraction of sp³-hybridized carbons (Fsp3) is 0.538. The molecule has 1 aliphatic carbocycles. The van der Waals surface area contributed by atoms with Gasteiger partial charge in [0.1, 0.15) is 11.6 Å². The highest BCUT2D eigenvalue weighted by Crippen LogP contribution is 2.60. The molecule has 1 aliphatic rings. The van der Waals surface area contributed by atoms with Gasteiger partial charge in [-0.15, -0.1) is 10.2 Å². The Kier molecular flexibility index (Phi) is 8.47. The Morgan fingerprint density at radius 2 is 2.00 bits per heavy atom. The number of carbonyl (C=O) groups excluding carboxylic acids is 1. The molecule has 0 radical (unpaired) electrons. The van der Waals surface area contributed by atoms with E-state index < -0.39 is 11.6 Å². The molecule has 1 aromatic heterocycles. The van der Waals surface area contributed by atoms with Gasteiger partial charge in [-0.2, -0.15) is 15.4 Å². The topological polar surface area (TPSA) is 99.5 Å². The van der Waals surface area contributed by atoms with Crippen molar-refractivity contribution < 1.29 is 13.6 Å². The summed E-state index contributed by atoms with van der Waals surface area (Å²) in [5.74, 6) is -1.06. The van der Waals surface area contributed by atoms with Crippen molar-refractivity contribution in [1.29, 1.82) is 0 Å². The van der Waals surface area contributed by atoms with Crippen LogP contribution in [-0.4, -0.2) is 51.6 Å². The monoisotopic (exact) mass is 499 g/mol. The first-order valence-electron chi connectivity index (χ1n) is 12.2. The Bertz CT molecular complexity index is 1120. The number of carbonyl (C=O) groups is 1. The molecule has 1 aromatic carbocycles. The highest BCUT2D eigenvalue weighted by atomic mass is 19.1. The molecule has 0 aliphatic heterocycles. The second-order valence-corrected chi connectivity index (χ2v) is 9.86. The molecule has 194 valence electrons. The second-order valence-electron chi connectivity index (χ2n) is 9.86. The van der Waals surface area contributed by atoms with Gasteiger partial charge in [0, 0.05) is 20.1 Å². The lowest BCUT2D eigenvalue weighted by Gasteiger charge is -2.47. The first-order chi connectivity index (χ1) is 17.1. The molecule has 0 spiro atoms. The van der Waals surface area contributed by atoms with Gasteiger partial charge in [0.05, 0.1) is 17.7 Å². The zero-order chi connectivity index (χ0) is 26.5. The molecule has 0 unspecified atom stereocenters. The number of amides is 1. The fourth-order valence-corrected chi connectivity index (χ4v) is 5.67. The van der Waals surface area contributed by atoms with Gasteiger partial charge in [-0.05, 0) is 66.7 Å². The highest BCUT2D eigenvalue weighted by molar-refractivity contribution is 5.78. The largest absolute Gasteiger partial charge is 0.342 e. The van der Waals surface area contributed by atoms with Crippen molar-refractivity contribution in [2.45, 2.75) is 53.4 Å². The summed E-state index contributed by atoms with van der Waals surface area (Å²) in [4.78, 5) is 14.9. The minimum Gasteiger partial charge on any atom is -0.342 e. The third kappa shape index (κ3) is 5.27. The van der Waals surface area contributed by atoms with Crippen LogP contribution in [0, 0.1) is 28.4 Å². The number of aromatic nitrogens is 4. The molecule has 1 heterocycles. The number of tetrazole rings is 1. The lowest BCUT2D eigenvalue weighted by Crippen LogP contribution is -2.48. The van der Waals surface area contributed by atoms with Crippen molar-refractivity contribution in [3.8, 4) is 0 Å². The van der Waals surface area contributed by atoms with Gasteiger partial charge in [0.25, 0.3) is 0 Å². The third-order valence-corrected chi connectivity index (χ3v) is 7.95. The van der Waals surface area contributed by atoms with E-state index in [1.165, 1.54) is 25.2 Å². The maximum atomic E-state index is 14.5. The van der Waals surface area contributed by atoms with Crippen LogP contribution in [0.15, 0.2) is 46.7 Å². The zero-order valence-corrected chi connectivity index (χ0v) is 21.7.